The highest BCUT2D eigenvalue weighted by Crippen LogP contribution is 2.43. The third kappa shape index (κ3) is 2.27. The third-order valence-electron chi connectivity index (χ3n) is 4.79. The molecule has 2 aromatic carbocycles. The molecular weight excluding hydrogens is 312 g/mol. The van der Waals surface area contributed by atoms with Crippen LogP contribution in [0.3, 0.4) is 0 Å². The topological polar surface area (TPSA) is 30.8 Å². The average Bonchev–Trinajstić information content (AvgIpc) is 2.99. The Bertz CT molecular complexity index is 814. The molecule has 0 saturated carbocycles. The molecule has 0 radical (unpaired) electrons. The summed E-state index contributed by atoms with van der Waals surface area (Å²) in [5, 5.41) is 0. The van der Waals surface area contributed by atoms with Crippen LogP contribution < -0.4 is 4.74 Å². The number of ether oxygens (including phenoxy) is 2. The first kappa shape index (κ1) is 15.1. The number of hydrogen-bond acceptors (Lipinski definition) is 3. The van der Waals surface area contributed by atoms with E-state index in [1.807, 2.05) is 18.2 Å². The van der Waals surface area contributed by atoms with Gasteiger partial charge in [-0.05, 0) is 54.7 Å². The quantitative estimate of drug-likeness (QED) is 0.834. The Morgan fingerprint density at radius 2 is 1.96 bits per heavy atom. The fraction of sp³-hybridized carbons (Fsp3) is 0.316. The van der Waals surface area contributed by atoms with Crippen LogP contribution in [0.15, 0.2) is 41.4 Å². The number of methoxy groups -OCH3 is 1. The number of hydrogen-bond donors (Lipinski definition) is 0. The normalized spacial score (nSPS) is 22.0. The van der Waals surface area contributed by atoms with E-state index in [-0.39, 0.29) is 11.5 Å². The maximum absolute atomic E-state index is 14.0. The molecule has 0 fully saturated rings. The fourth-order valence-corrected chi connectivity index (χ4v) is 3.61. The summed E-state index contributed by atoms with van der Waals surface area (Å²) in [6, 6.07) is 9.66. The molecule has 5 heteroatoms. The van der Waals surface area contributed by atoms with Crippen molar-refractivity contribution in [1.82, 2.24) is 0 Å². The summed E-state index contributed by atoms with van der Waals surface area (Å²) in [5.41, 5.74) is 1.46. The molecule has 1 aliphatic heterocycles. The van der Waals surface area contributed by atoms with Crippen molar-refractivity contribution in [2.24, 2.45) is 4.99 Å². The number of halogens is 2. The summed E-state index contributed by atoms with van der Waals surface area (Å²) in [5.74, 6) is -0.462. The second-order valence-electron chi connectivity index (χ2n) is 6.21. The van der Waals surface area contributed by atoms with Crippen LogP contribution in [0.1, 0.15) is 29.5 Å². The van der Waals surface area contributed by atoms with Gasteiger partial charge in [-0.25, -0.2) is 13.8 Å². The summed E-state index contributed by atoms with van der Waals surface area (Å²) < 4.78 is 39.0. The maximum Gasteiger partial charge on any atom is 0.223 e. The lowest BCUT2D eigenvalue weighted by Crippen LogP contribution is -2.30. The number of nitrogens with zero attached hydrogens (tertiary/aromatic N) is 1. The van der Waals surface area contributed by atoms with Crippen LogP contribution in [-0.2, 0) is 16.7 Å². The number of benzene rings is 2. The van der Waals surface area contributed by atoms with Crippen molar-refractivity contribution in [1.29, 1.82) is 0 Å². The van der Waals surface area contributed by atoms with Gasteiger partial charge in [0, 0.05) is 0 Å². The van der Waals surface area contributed by atoms with Crippen LogP contribution >= 0.6 is 0 Å². The Morgan fingerprint density at radius 3 is 2.71 bits per heavy atom. The van der Waals surface area contributed by atoms with E-state index in [4.69, 9.17) is 9.47 Å². The molecular formula is C19H17F2NO2. The van der Waals surface area contributed by atoms with E-state index in [1.165, 1.54) is 18.2 Å². The number of aryl methyl sites for hydroxylation is 1. The molecule has 24 heavy (non-hydrogen) atoms. The van der Waals surface area contributed by atoms with Crippen molar-refractivity contribution >= 4 is 5.90 Å². The Labute approximate surface area is 138 Å². The molecule has 3 nitrogen and oxygen atoms in total. The Kier molecular flexibility index (Phi) is 3.52. The zero-order chi connectivity index (χ0) is 16.7. The summed E-state index contributed by atoms with van der Waals surface area (Å²) in [4.78, 5) is 4.64. The van der Waals surface area contributed by atoms with E-state index in [0.29, 0.717) is 6.61 Å². The second-order valence-corrected chi connectivity index (χ2v) is 6.21. The van der Waals surface area contributed by atoms with Crippen LogP contribution in [0.4, 0.5) is 8.78 Å². The van der Waals surface area contributed by atoms with E-state index in [1.54, 1.807) is 7.11 Å². The van der Waals surface area contributed by atoms with Gasteiger partial charge in [-0.15, -0.1) is 0 Å². The Morgan fingerprint density at radius 1 is 1.17 bits per heavy atom. The van der Waals surface area contributed by atoms with Crippen LogP contribution in [-0.4, -0.2) is 19.6 Å². The van der Waals surface area contributed by atoms with E-state index in [0.717, 1.165) is 36.1 Å². The van der Waals surface area contributed by atoms with Crippen LogP contribution in [0.5, 0.6) is 5.75 Å². The first-order valence-corrected chi connectivity index (χ1v) is 7.97. The van der Waals surface area contributed by atoms with Gasteiger partial charge in [0.15, 0.2) is 0 Å². The number of rotatable bonds is 2. The van der Waals surface area contributed by atoms with Gasteiger partial charge in [0.1, 0.15) is 35.1 Å². The molecule has 2 aromatic rings. The monoisotopic (exact) mass is 329 g/mol. The lowest BCUT2D eigenvalue weighted by Gasteiger charge is -2.31. The van der Waals surface area contributed by atoms with Crippen LogP contribution in [0, 0.1) is 11.6 Å². The number of aliphatic imine (C=N–C) groups is 1. The van der Waals surface area contributed by atoms with Crippen molar-refractivity contribution in [3.8, 4) is 5.75 Å². The van der Waals surface area contributed by atoms with E-state index in [9.17, 15) is 8.78 Å². The smallest absolute Gasteiger partial charge is 0.223 e. The average molecular weight is 329 g/mol. The predicted octanol–water partition coefficient (Wildman–Crippen LogP) is 3.98. The van der Waals surface area contributed by atoms with Crippen LogP contribution in [0.25, 0.3) is 0 Å². The summed E-state index contributed by atoms with van der Waals surface area (Å²) in [6.07, 6.45) is 2.68. The zero-order valence-electron chi connectivity index (χ0n) is 13.3. The highest BCUT2D eigenvalue weighted by molar-refractivity contribution is 5.96. The first-order valence-electron chi connectivity index (χ1n) is 7.97. The third-order valence-corrected chi connectivity index (χ3v) is 4.79. The molecule has 0 amide bonds. The molecule has 1 unspecified atom stereocenters. The van der Waals surface area contributed by atoms with E-state index in [2.05, 4.69) is 4.99 Å². The summed E-state index contributed by atoms with van der Waals surface area (Å²) >= 11 is 0. The first-order chi connectivity index (χ1) is 11.6. The lowest BCUT2D eigenvalue weighted by atomic mass is 9.77. The molecule has 1 aliphatic carbocycles. The highest BCUT2D eigenvalue weighted by atomic mass is 19.1. The van der Waals surface area contributed by atoms with Gasteiger partial charge in [-0.3, -0.25) is 0 Å². The highest BCUT2D eigenvalue weighted by Gasteiger charge is 2.43. The standard InChI is InChI=1S/C19H17F2NO2/c1-23-13-7-8-14-12(10-13)4-3-9-19(14)11-24-18(22-19)17-15(20)5-2-6-16(17)21/h2,5-8,10H,3-4,9,11H2,1H3. The van der Waals surface area contributed by atoms with Gasteiger partial charge in [0.05, 0.1) is 7.11 Å². The Hall–Kier alpha value is -2.43. The molecule has 1 spiro atoms. The lowest BCUT2D eigenvalue weighted by molar-refractivity contribution is 0.234. The maximum atomic E-state index is 14.0. The molecule has 1 atom stereocenters. The molecule has 0 bridgehead atoms. The van der Waals surface area contributed by atoms with E-state index < -0.39 is 17.2 Å². The molecule has 0 N–H and O–H groups in total. The van der Waals surface area contributed by atoms with Gasteiger partial charge in [0.2, 0.25) is 5.90 Å². The van der Waals surface area contributed by atoms with Crippen molar-refractivity contribution in [2.45, 2.75) is 24.8 Å². The van der Waals surface area contributed by atoms with Crippen molar-refractivity contribution < 1.29 is 18.3 Å². The summed E-state index contributed by atoms with van der Waals surface area (Å²) in [7, 11) is 1.64. The van der Waals surface area contributed by atoms with Gasteiger partial charge in [-0.2, -0.15) is 0 Å². The van der Waals surface area contributed by atoms with Crippen LogP contribution in [0.2, 0.25) is 0 Å². The van der Waals surface area contributed by atoms with Crippen molar-refractivity contribution in [2.75, 3.05) is 13.7 Å². The largest absolute Gasteiger partial charge is 0.497 e. The molecule has 4 rings (SSSR count). The van der Waals surface area contributed by atoms with Crippen molar-refractivity contribution in [3.05, 3.63) is 64.7 Å². The van der Waals surface area contributed by atoms with Crippen molar-refractivity contribution in [3.63, 3.8) is 0 Å². The van der Waals surface area contributed by atoms with Gasteiger partial charge >= 0.3 is 0 Å². The van der Waals surface area contributed by atoms with Gasteiger partial charge in [-0.1, -0.05) is 12.1 Å². The minimum absolute atomic E-state index is 0.0502. The Balaban J connectivity index is 1.80. The molecule has 2 aliphatic rings. The summed E-state index contributed by atoms with van der Waals surface area (Å²) in [6.45, 7) is 0.301. The minimum atomic E-state index is -0.656. The second kappa shape index (κ2) is 5.58. The number of fused-ring (bicyclic) bond motifs is 2. The van der Waals surface area contributed by atoms with Gasteiger partial charge in [0.25, 0.3) is 0 Å². The molecule has 124 valence electrons. The van der Waals surface area contributed by atoms with E-state index >= 15 is 0 Å². The zero-order valence-corrected chi connectivity index (χ0v) is 13.3. The predicted molar refractivity (Wildman–Crippen MR) is 86.5 cm³/mol. The molecule has 1 heterocycles. The molecule has 0 aromatic heterocycles. The minimum Gasteiger partial charge on any atom is -0.497 e. The van der Waals surface area contributed by atoms with Gasteiger partial charge < -0.3 is 9.47 Å². The molecule has 0 saturated heterocycles. The SMILES string of the molecule is COc1ccc2c(c1)CCCC21COC(c2c(F)cccc2F)=N1. The fourth-order valence-electron chi connectivity index (χ4n) is 3.61.